The maximum atomic E-state index is 13.9. The van der Waals surface area contributed by atoms with Gasteiger partial charge in [0.1, 0.15) is 5.82 Å². The molecule has 2 atom stereocenters. The molecule has 0 bridgehead atoms. The second-order valence-electron chi connectivity index (χ2n) is 7.40. The first-order chi connectivity index (χ1) is 12.5. The van der Waals surface area contributed by atoms with Crippen molar-refractivity contribution in [3.63, 3.8) is 0 Å². The quantitative estimate of drug-likeness (QED) is 0.791. The van der Waals surface area contributed by atoms with E-state index >= 15 is 0 Å². The van der Waals surface area contributed by atoms with E-state index in [1.165, 1.54) is 12.1 Å². The van der Waals surface area contributed by atoms with E-state index in [1.54, 1.807) is 32.0 Å². The number of fused-ring (bicyclic) bond motifs is 1. The molecule has 26 heavy (non-hydrogen) atoms. The molecule has 1 aliphatic heterocycles. The summed E-state index contributed by atoms with van der Waals surface area (Å²) in [4.78, 5) is 14.7. The predicted octanol–water partition coefficient (Wildman–Crippen LogP) is 3.50. The second kappa shape index (κ2) is 6.34. The molecule has 0 unspecified atom stereocenters. The van der Waals surface area contributed by atoms with Gasteiger partial charge in [0, 0.05) is 31.7 Å². The summed E-state index contributed by atoms with van der Waals surface area (Å²) < 4.78 is 19.7. The maximum absolute atomic E-state index is 13.9. The van der Waals surface area contributed by atoms with Crippen molar-refractivity contribution in [3.8, 4) is 0 Å². The Kier molecular flexibility index (Phi) is 4.13. The van der Waals surface area contributed by atoms with E-state index in [9.17, 15) is 9.18 Å². The Morgan fingerprint density at radius 3 is 2.92 bits per heavy atom. The average Bonchev–Trinajstić information content (AvgIpc) is 3.28. The number of carbonyl (C=O) groups excluding carboxylic acids is 1. The third-order valence-electron chi connectivity index (χ3n) is 5.77. The summed E-state index contributed by atoms with van der Waals surface area (Å²) in [5.41, 5.74) is 0.867. The topological polar surface area (TPSA) is 59.2 Å². The minimum atomic E-state index is -0.315. The Hall–Kier alpha value is -2.50. The molecule has 2 fully saturated rings. The van der Waals surface area contributed by atoms with Crippen molar-refractivity contribution in [1.29, 1.82) is 0 Å². The zero-order valence-electron chi connectivity index (χ0n) is 15.0. The number of hydrogen-bond acceptors (Lipinski definition) is 4. The van der Waals surface area contributed by atoms with Gasteiger partial charge in [-0.15, -0.1) is 10.2 Å². The Bertz CT molecular complexity index is 875. The third kappa shape index (κ3) is 2.73. The van der Waals surface area contributed by atoms with Gasteiger partial charge in [-0.3, -0.25) is 4.79 Å². The van der Waals surface area contributed by atoms with E-state index in [0.29, 0.717) is 41.9 Å². The lowest BCUT2D eigenvalue weighted by Gasteiger charge is -2.24. The Balaban J connectivity index is 1.57. The lowest BCUT2D eigenvalue weighted by atomic mass is 9.80. The number of hydrogen-bond donors (Lipinski definition) is 0. The highest BCUT2D eigenvalue weighted by atomic mass is 19.1. The van der Waals surface area contributed by atoms with Gasteiger partial charge in [-0.2, -0.15) is 0 Å². The van der Waals surface area contributed by atoms with Crippen molar-refractivity contribution in [2.75, 3.05) is 13.1 Å². The SMILES string of the molecule is C/C(=C\C(=O)N1C[C@@H]2CCC[C@]2(c2nnc(C)o2)C1)c1ccccc1F. The fourth-order valence-corrected chi connectivity index (χ4v) is 4.44. The summed E-state index contributed by atoms with van der Waals surface area (Å²) in [6.45, 7) is 4.82. The lowest BCUT2D eigenvalue weighted by Crippen LogP contribution is -2.34. The van der Waals surface area contributed by atoms with Gasteiger partial charge in [0.15, 0.2) is 0 Å². The first-order valence-electron chi connectivity index (χ1n) is 9.02. The van der Waals surface area contributed by atoms with Crippen LogP contribution in [0.3, 0.4) is 0 Å². The fraction of sp³-hybridized carbons (Fsp3) is 0.450. The average molecular weight is 355 g/mol. The molecule has 1 aromatic carbocycles. The number of rotatable bonds is 3. The van der Waals surface area contributed by atoms with E-state index in [-0.39, 0.29) is 17.1 Å². The molecule has 0 N–H and O–H groups in total. The van der Waals surface area contributed by atoms with Crippen molar-refractivity contribution < 1.29 is 13.6 Å². The molecular weight excluding hydrogens is 333 g/mol. The Morgan fingerprint density at radius 1 is 1.38 bits per heavy atom. The molecule has 2 aliphatic rings. The fourth-order valence-electron chi connectivity index (χ4n) is 4.44. The molecule has 0 radical (unpaired) electrons. The van der Waals surface area contributed by atoms with E-state index in [1.807, 2.05) is 4.90 Å². The van der Waals surface area contributed by atoms with E-state index in [2.05, 4.69) is 10.2 Å². The van der Waals surface area contributed by atoms with Crippen LogP contribution in [0.15, 0.2) is 34.8 Å². The molecule has 0 spiro atoms. The molecular formula is C20H22FN3O2. The van der Waals surface area contributed by atoms with Crippen LogP contribution in [0.1, 0.15) is 43.5 Å². The summed E-state index contributed by atoms with van der Waals surface area (Å²) in [6.07, 6.45) is 4.66. The van der Waals surface area contributed by atoms with E-state index < -0.39 is 0 Å². The molecule has 6 heteroatoms. The largest absolute Gasteiger partial charge is 0.425 e. The number of carbonyl (C=O) groups is 1. The Labute approximate surface area is 151 Å². The highest BCUT2D eigenvalue weighted by molar-refractivity contribution is 5.95. The number of benzene rings is 1. The van der Waals surface area contributed by atoms with Crippen molar-refractivity contribution >= 4 is 11.5 Å². The molecule has 5 nitrogen and oxygen atoms in total. The summed E-state index contributed by atoms with van der Waals surface area (Å²) in [5, 5.41) is 8.24. The zero-order chi connectivity index (χ0) is 18.3. The number of halogens is 1. The van der Waals surface area contributed by atoms with Crippen molar-refractivity contribution in [1.82, 2.24) is 15.1 Å². The van der Waals surface area contributed by atoms with Gasteiger partial charge in [-0.1, -0.05) is 24.6 Å². The first-order valence-corrected chi connectivity index (χ1v) is 9.02. The monoisotopic (exact) mass is 355 g/mol. The second-order valence-corrected chi connectivity index (χ2v) is 7.40. The molecule has 1 aliphatic carbocycles. The Morgan fingerprint density at radius 2 is 2.19 bits per heavy atom. The van der Waals surface area contributed by atoms with Crippen LogP contribution in [0.25, 0.3) is 5.57 Å². The summed E-state index contributed by atoms with van der Waals surface area (Å²) >= 11 is 0. The highest BCUT2D eigenvalue weighted by Gasteiger charge is 2.54. The number of aryl methyl sites for hydroxylation is 1. The number of likely N-dealkylation sites (tertiary alicyclic amines) is 1. The van der Waals surface area contributed by atoms with Crippen LogP contribution in [0.5, 0.6) is 0 Å². The summed E-state index contributed by atoms with van der Waals surface area (Å²) in [7, 11) is 0. The number of amides is 1. The van der Waals surface area contributed by atoms with Crippen LogP contribution < -0.4 is 0 Å². The van der Waals surface area contributed by atoms with Gasteiger partial charge in [0.2, 0.25) is 17.7 Å². The molecule has 2 heterocycles. The van der Waals surface area contributed by atoms with Gasteiger partial charge >= 0.3 is 0 Å². The van der Waals surface area contributed by atoms with Gasteiger partial charge in [0.05, 0.1) is 5.41 Å². The smallest absolute Gasteiger partial charge is 0.246 e. The van der Waals surface area contributed by atoms with Crippen molar-refractivity contribution in [3.05, 3.63) is 53.5 Å². The molecule has 4 rings (SSSR count). The molecule has 1 amide bonds. The normalized spacial score (nSPS) is 25.6. The highest BCUT2D eigenvalue weighted by Crippen LogP contribution is 2.50. The molecule has 1 saturated heterocycles. The van der Waals surface area contributed by atoms with Gasteiger partial charge in [-0.05, 0) is 37.3 Å². The van der Waals surface area contributed by atoms with Crippen LogP contribution in [-0.2, 0) is 10.2 Å². The standard InChI is InChI=1S/C20H22FN3O2/c1-13(16-7-3-4-8-17(16)21)10-18(25)24-11-15-6-5-9-20(15,12-24)19-23-22-14(2)26-19/h3-4,7-8,10,15H,5-6,9,11-12H2,1-2H3/b13-10+/t15-,20-/m0/s1. The summed E-state index contributed by atoms with van der Waals surface area (Å²) in [5.74, 6) is 1.15. The van der Waals surface area contributed by atoms with E-state index in [0.717, 1.165) is 19.3 Å². The summed E-state index contributed by atoms with van der Waals surface area (Å²) in [6, 6.07) is 6.51. The lowest BCUT2D eigenvalue weighted by molar-refractivity contribution is -0.125. The van der Waals surface area contributed by atoms with Gasteiger partial charge in [-0.25, -0.2) is 4.39 Å². The van der Waals surface area contributed by atoms with E-state index in [4.69, 9.17) is 4.42 Å². The zero-order valence-corrected chi connectivity index (χ0v) is 15.0. The van der Waals surface area contributed by atoms with Crippen LogP contribution in [0, 0.1) is 18.7 Å². The molecule has 1 aromatic heterocycles. The number of aromatic nitrogens is 2. The first kappa shape index (κ1) is 16.9. The van der Waals surface area contributed by atoms with Crippen LogP contribution in [0.4, 0.5) is 4.39 Å². The van der Waals surface area contributed by atoms with Crippen molar-refractivity contribution in [2.24, 2.45) is 5.92 Å². The van der Waals surface area contributed by atoms with Gasteiger partial charge < -0.3 is 9.32 Å². The van der Waals surface area contributed by atoms with Crippen LogP contribution in [-0.4, -0.2) is 34.1 Å². The molecule has 136 valence electrons. The van der Waals surface area contributed by atoms with Crippen molar-refractivity contribution in [2.45, 2.75) is 38.5 Å². The molecule has 2 aromatic rings. The van der Waals surface area contributed by atoms with Crippen LogP contribution >= 0.6 is 0 Å². The number of nitrogens with zero attached hydrogens (tertiary/aromatic N) is 3. The number of allylic oxidation sites excluding steroid dienone is 1. The maximum Gasteiger partial charge on any atom is 0.246 e. The minimum absolute atomic E-state index is 0.0873. The minimum Gasteiger partial charge on any atom is -0.425 e. The third-order valence-corrected chi connectivity index (χ3v) is 5.77. The predicted molar refractivity (Wildman–Crippen MR) is 94.7 cm³/mol. The molecule has 1 saturated carbocycles. The van der Waals surface area contributed by atoms with Gasteiger partial charge in [0.25, 0.3) is 0 Å². The van der Waals surface area contributed by atoms with Crippen LogP contribution in [0.2, 0.25) is 0 Å².